The summed E-state index contributed by atoms with van der Waals surface area (Å²) in [6, 6.07) is 0. The van der Waals surface area contributed by atoms with Gasteiger partial charge in [-0.1, -0.05) is 13.8 Å². The maximum absolute atomic E-state index is 11.5. The van der Waals surface area contributed by atoms with Crippen molar-refractivity contribution in [2.75, 3.05) is 0 Å². The first-order chi connectivity index (χ1) is 6.91. The van der Waals surface area contributed by atoms with Crippen LogP contribution in [0.1, 0.15) is 20.8 Å². The number of carbonyl (C=O) groups is 2. The van der Waals surface area contributed by atoms with Gasteiger partial charge >= 0.3 is 5.97 Å². The molecule has 0 aromatic heterocycles. The van der Waals surface area contributed by atoms with Crippen molar-refractivity contribution in [1.82, 2.24) is 5.32 Å². The fourth-order valence-electron chi connectivity index (χ4n) is 2.33. The summed E-state index contributed by atoms with van der Waals surface area (Å²) in [7, 11) is 0. The second-order valence-corrected chi connectivity index (χ2v) is 4.66. The summed E-state index contributed by atoms with van der Waals surface area (Å²) in [6.07, 6.45) is -1.41. The lowest BCUT2D eigenvalue weighted by molar-refractivity contribution is -0.206. The molecule has 0 radical (unpaired) electrons. The maximum Gasteiger partial charge on any atom is 0.338 e. The average Bonchev–Trinajstić information content (AvgIpc) is 2.37. The molecule has 0 aromatic carbocycles. The molecule has 1 unspecified atom stereocenters. The Morgan fingerprint density at radius 1 is 1.47 bits per heavy atom. The lowest BCUT2D eigenvalue weighted by Crippen LogP contribution is -2.73. The van der Waals surface area contributed by atoms with E-state index in [-0.39, 0.29) is 17.7 Å². The highest BCUT2D eigenvalue weighted by Gasteiger charge is 2.70. The topological polar surface area (TPSA) is 75.6 Å². The van der Waals surface area contributed by atoms with Crippen molar-refractivity contribution in [3.05, 3.63) is 0 Å². The molecule has 0 saturated carbocycles. The molecule has 2 aliphatic rings. The molecule has 84 valence electrons. The van der Waals surface area contributed by atoms with Gasteiger partial charge in [0, 0.05) is 0 Å². The number of aliphatic hydroxyl groups excluding tert-OH is 1. The van der Waals surface area contributed by atoms with Gasteiger partial charge in [-0.25, -0.2) is 4.79 Å². The van der Waals surface area contributed by atoms with E-state index in [4.69, 9.17) is 4.74 Å². The Balaban J connectivity index is 2.33. The lowest BCUT2D eigenvalue weighted by Gasteiger charge is -2.46. The highest BCUT2D eigenvalue weighted by atomic mass is 16.6. The van der Waals surface area contributed by atoms with Gasteiger partial charge in [0.05, 0.1) is 12.0 Å². The molecule has 0 aromatic rings. The molecular formula is C10H15NO4. The van der Waals surface area contributed by atoms with Gasteiger partial charge in [0.1, 0.15) is 6.10 Å². The standard InChI is InChI=1S/C10H15NO4/c1-4(2)6(12)10-7(15-9(10)14)5(3)8(13)11-10/h4-7,12H,1-3H3,(H,11,13)/t5-,6+,7?,10+/m1/s1. The number of amides is 1. The van der Waals surface area contributed by atoms with E-state index in [0.717, 1.165) is 0 Å². The summed E-state index contributed by atoms with van der Waals surface area (Å²) in [5, 5.41) is 12.6. The Labute approximate surface area is 87.8 Å². The van der Waals surface area contributed by atoms with Gasteiger partial charge in [0.2, 0.25) is 11.4 Å². The summed E-state index contributed by atoms with van der Waals surface area (Å²) in [5.41, 5.74) is -1.19. The smallest absolute Gasteiger partial charge is 0.338 e. The molecule has 0 spiro atoms. The number of rotatable bonds is 2. The molecule has 5 heteroatoms. The SMILES string of the molecule is CC(C)[C@H](O)[C@]12NC(=O)[C@H](C)C1OC2=O. The molecule has 1 amide bonds. The van der Waals surface area contributed by atoms with Crippen molar-refractivity contribution in [3.8, 4) is 0 Å². The van der Waals surface area contributed by atoms with Crippen molar-refractivity contribution >= 4 is 11.9 Å². The first-order valence-electron chi connectivity index (χ1n) is 5.12. The summed E-state index contributed by atoms with van der Waals surface area (Å²) in [4.78, 5) is 22.9. The van der Waals surface area contributed by atoms with Crippen molar-refractivity contribution < 1.29 is 19.4 Å². The fourth-order valence-corrected chi connectivity index (χ4v) is 2.33. The number of aliphatic hydroxyl groups is 1. The number of esters is 1. The van der Waals surface area contributed by atoms with Crippen LogP contribution in [0.3, 0.4) is 0 Å². The minimum Gasteiger partial charge on any atom is -0.456 e. The Hall–Kier alpha value is -1.10. The molecule has 2 N–H and O–H groups in total. The monoisotopic (exact) mass is 213 g/mol. The van der Waals surface area contributed by atoms with Gasteiger partial charge in [0.25, 0.3) is 0 Å². The van der Waals surface area contributed by atoms with Crippen LogP contribution in [0.4, 0.5) is 0 Å². The molecule has 2 saturated heterocycles. The first kappa shape index (κ1) is 10.4. The number of hydrogen-bond acceptors (Lipinski definition) is 4. The molecule has 0 bridgehead atoms. The third kappa shape index (κ3) is 1.07. The van der Waals surface area contributed by atoms with E-state index in [1.807, 2.05) is 0 Å². The van der Waals surface area contributed by atoms with Crippen LogP contribution in [0.2, 0.25) is 0 Å². The summed E-state index contributed by atoms with van der Waals surface area (Å²) in [6.45, 7) is 5.30. The third-order valence-corrected chi connectivity index (χ3v) is 3.32. The van der Waals surface area contributed by atoms with Crippen LogP contribution in [0.5, 0.6) is 0 Å². The Morgan fingerprint density at radius 3 is 2.47 bits per heavy atom. The zero-order chi connectivity index (χ0) is 11.4. The molecule has 5 nitrogen and oxygen atoms in total. The van der Waals surface area contributed by atoms with E-state index in [9.17, 15) is 14.7 Å². The molecule has 2 rings (SSSR count). The number of ether oxygens (including phenoxy) is 1. The van der Waals surface area contributed by atoms with Gasteiger partial charge in [-0.2, -0.15) is 0 Å². The van der Waals surface area contributed by atoms with E-state index in [1.54, 1.807) is 20.8 Å². The normalized spacial score (nSPS) is 40.6. The minimum atomic E-state index is -1.19. The highest BCUT2D eigenvalue weighted by molar-refractivity contribution is 5.99. The molecule has 2 aliphatic heterocycles. The van der Waals surface area contributed by atoms with Gasteiger partial charge < -0.3 is 15.2 Å². The van der Waals surface area contributed by atoms with Crippen LogP contribution in [-0.4, -0.2) is 34.7 Å². The number of fused-ring (bicyclic) bond motifs is 1. The van der Waals surface area contributed by atoms with Gasteiger partial charge in [-0.15, -0.1) is 0 Å². The average molecular weight is 213 g/mol. The zero-order valence-corrected chi connectivity index (χ0v) is 8.98. The van der Waals surface area contributed by atoms with E-state index in [0.29, 0.717) is 0 Å². The molecular weight excluding hydrogens is 198 g/mol. The molecule has 2 heterocycles. The Bertz CT molecular complexity index is 327. The largest absolute Gasteiger partial charge is 0.456 e. The molecule has 0 aliphatic carbocycles. The quantitative estimate of drug-likeness (QED) is 0.602. The second-order valence-electron chi connectivity index (χ2n) is 4.66. The van der Waals surface area contributed by atoms with Crippen LogP contribution >= 0.6 is 0 Å². The lowest BCUT2D eigenvalue weighted by atomic mass is 9.76. The molecule has 2 fully saturated rings. The predicted molar refractivity (Wildman–Crippen MR) is 50.8 cm³/mol. The minimum absolute atomic E-state index is 0.106. The van der Waals surface area contributed by atoms with Crippen molar-refractivity contribution in [2.45, 2.75) is 38.5 Å². The third-order valence-electron chi connectivity index (χ3n) is 3.32. The van der Waals surface area contributed by atoms with Gasteiger partial charge in [-0.05, 0) is 12.8 Å². The number of hydrogen-bond donors (Lipinski definition) is 2. The summed E-state index contributed by atoms with van der Waals surface area (Å²) in [5.74, 6) is -1.24. The maximum atomic E-state index is 11.5. The zero-order valence-electron chi connectivity index (χ0n) is 8.98. The van der Waals surface area contributed by atoms with Crippen LogP contribution in [0.15, 0.2) is 0 Å². The van der Waals surface area contributed by atoms with Crippen LogP contribution < -0.4 is 5.32 Å². The van der Waals surface area contributed by atoms with Crippen molar-refractivity contribution in [2.24, 2.45) is 11.8 Å². The van der Waals surface area contributed by atoms with E-state index in [1.165, 1.54) is 0 Å². The highest BCUT2D eigenvalue weighted by Crippen LogP contribution is 2.42. The van der Waals surface area contributed by atoms with Gasteiger partial charge in [0.15, 0.2) is 0 Å². The van der Waals surface area contributed by atoms with Crippen molar-refractivity contribution in [3.63, 3.8) is 0 Å². The van der Waals surface area contributed by atoms with Crippen LogP contribution in [0.25, 0.3) is 0 Å². The van der Waals surface area contributed by atoms with Crippen molar-refractivity contribution in [1.29, 1.82) is 0 Å². The Kier molecular flexibility index (Phi) is 2.05. The predicted octanol–water partition coefficient (Wildman–Crippen LogP) is -0.567. The van der Waals surface area contributed by atoms with E-state index >= 15 is 0 Å². The number of nitrogens with one attached hydrogen (secondary N) is 1. The fraction of sp³-hybridized carbons (Fsp3) is 0.800. The first-order valence-corrected chi connectivity index (χ1v) is 5.12. The van der Waals surface area contributed by atoms with E-state index in [2.05, 4.69) is 5.32 Å². The Morgan fingerprint density at radius 2 is 2.07 bits per heavy atom. The molecule has 4 atom stereocenters. The van der Waals surface area contributed by atoms with Gasteiger partial charge in [-0.3, -0.25) is 4.79 Å². The number of carbonyl (C=O) groups excluding carboxylic acids is 2. The molecule has 15 heavy (non-hydrogen) atoms. The van der Waals surface area contributed by atoms with Crippen LogP contribution in [0, 0.1) is 11.8 Å². The second kappa shape index (κ2) is 2.95. The van der Waals surface area contributed by atoms with Crippen LogP contribution in [-0.2, 0) is 14.3 Å². The van der Waals surface area contributed by atoms with E-state index < -0.39 is 23.7 Å². The summed E-state index contributed by atoms with van der Waals surface area (Å²) < 4.78 is 4.94. The summed E-state index contributed by atoms with van der Waals surface area (Å²) >= 11 is 0.